The Hall–Kier alpha value is -3.39. The molecule has 0 aliphatic heterocycles. The Morgan fingerprint density at radius 3 is 2.19 bits per heavy atom. The van der Waals surface area contributed by atoms with Crippen molar-refractivity contribution in [2.75, 3.05) is 26.9 Å². The van der Waals surface area contributed by atoms with Crippen LogP contribution in [0.5, 0.6) is 0 Å². The molecule has 2 aromatic rings. The SMILES string of the molecule is COCCC(NC(=O)OCC1c2ccccc2-c2ccccc21)C(=O)NCC(C)C(=O)O. The first-order valence-corrected chi connectivity index (χ1v) is 10.5. The smallest absolute Gasteiger partial charge is 0.407 e. The van der Waals surface area contributed by atoms with Gasteiger partial charge in [0.25, 0.3) is 0 Å². The van der Waals surface area contributed by atoms with Crippen molar-refractivity contribution in [1.82, 2.24) is 10.6 Å². The topological polar surface area (TPSA) is 114 Å². The molecule has 2 atom stereocenters. The number of carboxylic acids is 1. The van der Waals surface area contributed by atoms with Crippen LogP contribution in [0, 0.1) is 5.92 Å². The third kappa shape index (κ3) is 5.45. The normalized spacial score (nSPS) is 14.1. The van der Waals surface area contributed by atoms with Gasteiger partial charge in [-0.3, -0.25) is 9.59 Å². The van der Waals surface area contributed by atoms with E-state index in [1.54, 1.807) is 0 Å². The molecule has 0 bridgehead atoms. The molecule has 2 amide bonds. The number of carboxylic acid groups (broad SMARTS) is 1. The molecule has 8 nitrogen and oxygen atoms in total. The van der Waals surface area contributed by atoms with Crippen molar-refractivity contribution in [3.05, 3.63) is 59.7 Å². The lowest BCUT2D eigenvalue weighted by Crippen LogP contribution is -2.48. The van der Waals surface area contributed by atoms with Crippen LogP contribution in [0.15, 0.2) is 48.5 Å². The Bertz CT molecular complexity index is 931. The number of rotatable bonds is 10. The van der Waals surface area contributed by atoms with Crippen LogP contribution in [0.1, 0.15) is 30.4 Å². The molecule has 0 spiro atoms. The first-order chi connectivity index (χ1) is 15.4. The molecule has 32 heavy (non-hydrogen) atoms. The predicted octanol–water partition coefficient (Wildman–Crippen LogP) is 2.77. The van der Waals surface area contributed by atoms with Gasteiger partial charge in [0.15, 0.2) is 0 Å². The van der Waals surface area contributed by atoms with Crippen LogP contribution >= 0.6 is 0 Å². The number of carbonyl (C=O) groups is 3. The number of methoxy groups -OCH3 is 1. The number of ether oxygens (including phenoxy) is 2. The highest BCUT2D eigenvalue weighted by atomic mass is 16.5. The summed E-state index contributed by atoms with van der Waals surface area (Å²) in [6.45, 7) is 1.83. The zero-order valence-corrected chi connectivity index (χ0v) is 18.2. The van der Waals surface area contributed by atoms with Crippen LogP contribution in [-0.4, -0.2) is 56.0 Å². The van der Waals surface area contributed by atoms with Crippen molar-refractivity contribution in [2.45, 2.75) is 25.3 Å². The van der Waals surface area contributed by atoms with Crippen molar-refractivity contribution in [3.8, 4) is 11.1 Å². The summed E-state index contributed by atoms with van der Waals surface area (Å²) in [5.74, 6) is -2.32. The van der Waals surface area contributed by atoms with E-state index in [4.69, 9.17) is 14.6 Å². The van der Waals surface area contributed by atoms with Crippen LogP contribution in [-0.2, 0) is 19.1 Å². The van der Waals surface area contributed by atoms with Crippen molar-refractivity contribution in [1.29, 1.82) is 0 Å². The lowest BCUT2D eigenvalue weighted by molar-refractivity contribution is -0.141. The Morgan fingerprint density at radius 2 is 1.62 bits per heavy atom. The molecule has 170 valence electrons. The molecule has 1 aliphatic carbocycles. The van der Waals surface area contributed by atoms with E-state index < -0.39 is 29.9 Å². The summed E-state index contributed by atoms with van der Waals surface area (Å²) >= 11 is 0. The van der Waals surface area contributed by atoms with Gasteiger partial charge in [-0.1, -0.05) is 55.5 Å². The number of aliphatic carboxylic acids is 1. The molecular weight excluding hydrogens is 412 g/mol. The second-order valence-electron chi connectivity index (χ2n) is 7.79. The third-order valence-electron chi connectivity index (χ3n) is 5.57. The van der Waals surface area contributed by atoms with Crippen molar-refractivity contribution in [3.63, 3.8) is 0 Å². The highest BCUT2D eigenvalue weighted by molar-refractivity contribution is 5.86. The second kappa shape index (κ2) is 10.8. The fourth-order valence-electron chi connectivity index (χ4n) is 3.75. The van der Waals surface area contributed by atoms with Crippen LogP contribution in [0.2, 0.25) is 0 Å². The van der Waals surface area contributed by atoms with Gasteiger partial charge in [0.1, 0.15) is 12.6 Å². The Balaban J connectivity index is 1.61. The summed E-state index contributed by atoms with van der Waals surface area (Å²) in [6, 6.07) is 15.1. The average molecular weight is 440 g/mol. The molecule has 0 heterocycles. The van der Waals surface area contributed by atoms with E-state index in [9.17, 15) is 14.4 Å². The number of hydrogen-bond donors (Lipinski definition) is 3. The Morgan fingerprint density at radius 1 is 1.03 bits per heavy atom. The number of fused-ring (bicyclic) bond motifs is 3. The summed E-state index contributed by atoms with van der Waals surface area (Å²) in [5.41, 5.74) is 4.44. The van der Waals surface area contributed by atoms with Gasteiger partial charge in [0, 0.05) is 32.6 Å². The van der Waals surface area contributed by atoms with E-state index in [2.05, 4.69) is 22.8 Å². The number of nitrogens with one attached hydrogen (secondary N) is 2. The van der Waals surface area contributed by atoms with Gasteiger partial charge in [-0.2, -0.15) is 0 Å². The van der Waals surface area contributed by atoms with E-state index in [0.717, 1.165) is 22.3 Å². The molecule has 0 saturated carbocycles. The zero-order chi connectivity index (χ0) is 23.1. The number of hydrogen-bond acceptors (Lipinski definition) is 5. The first kappa shape index (κ1) is 23.3. The van der Waals surface area contributed by atoms with E-state index in [-0.39, 0.29) is 32.1 Å². The third-order valence-corrected chi connectivity index (χ3v) is 5.57. The van der Waals surface area contributed by atoms with Crippen molar-refractivity contribution < 1.29 is 29.0 Å². The zero-order valence-electron chi connectivity index (χ0n) is 18.2. The summed E-state index contributed by atoms with van der Waals surface area (Å²) in [4.78, 5) is 35.9. The number of carbonyl (C=O) groups excluding carboxylic acids is 2. The highest BCUT2D eigenvalue weighted by Crippen LogP contribution is 2.44. The number of benzene rings is 2. The van der Waals surface area contributed by atoms with Gasteiger partial charge in [0.05, 0.1) is 5.92 Å². The summed E-state index contributed by atoms with van der Waals surface area (Å²) in [6.07, 6.45) is -0.483. The van der Waals surface area contributed by atoms with Crippen LogP contribution in [0.3, 0.4) is 0 Å². The van der Waals surface area contributed by atoms with Gasteiger partial charge >= 0.3 is 12.1 Å². The maximum Gasteiger partial charge on any atom is 0.407 e. The van der Waals surface area contributed by atoms with Gasteiger partial charge in [-0.25, -0.2) is 4.79 Å². The lowest BCUT2D eigenvalue weighted by Gasteiger charge is -2.20. The number of alkyl carbamates (subject to hydrolysis) is 1. The summed E-state index contributed by atoms with van der Waals surface area (Å²) in [7, 11) is 1.49. The second-order valence-corrected chi connectivity index (χ2v) is 7.79. The fraction of sp³-hybridized carbons (Fsp3) is 0.375. The van der Waals surface area contributed by atoms with Crippen molar-refractivity contribution >= 4 is 18.0 Å². The van der Waals surface area contributed by atoms with E-state index in [1.807, 2.05) is 36.4 Å². The highest BCUT2D eigenvalue weighted by Gasteiger charge is 2.30. The predicted molar refractivity (Wildman–Crippen MR) is 118 cm³/mol. The molecule has 0 saturated heterocycles. The molecule has 0 aromatic heterocycles. The van der Waals surface area contributed by atoms with Crippen LogP contribution < -0.4 is 10.6 Å². The molecule has 8 heteroatoms. The Labute approximate surface area is 186 Å². The maximum atomic E-state index is 12.5. The molecule has 2 aromatic carbocycles. The molecule has 3 rings (SSSR count). The Kier molecular flexibility index (Phi) is 7.83. The van der Waals surface area contributed by atoms with Gasteiger partial charge in [-0.05, 0) is 22.3 Å². The van der Waals surface area contributed by atoms with Crippen LogP contribution in [0.25, 0.3) is 11.1 Å². The molecule has 0 fully saturated rings. The maximum absolute atomic E-state index is 12.5. The minimum Gasteiger partial charge on any atom is -0.481 e. The summed E-state index contributed by atoms with van der Waals surface area (Å²) in [5, 5.41) is 14.1. The largest absolute Gasteiger partial charge is 0.481 e. The van der Waals surface area contributed by atoms with E-state index >= 15 is 0 Å². The monoisotopic (exact) mass is 440 g/mol. The molecule has 2 unspecified atom stereocenters. The number of amides is 2. The molecule has 1 aliphatic rings. The quantitative estimate of drug-likeness (QED) is 0.524. The van der Waals surface area contributed by atoms with E-state index in [1.165, 1.54) is 14.0 Å². The fourth-order valence-corrected chi connectivity index (χ4v) is 3.75. The minimum atomic E-state index is -1.01. The summed E-state index contributed by atoms with van der Waals surface area (Å²) < 4.78 is 10.5. The van der Waals surface area contributed by atoms with E-state index in [0.29, 0.717) is 0 Å². The minimum absolute atomic E-state index is 0.0377. The standard InChI is InChI=1S/C24H28N2O6/c1-15(23(28)29)13-25-22(27)21(11-12-31-2)26-24(30)32-14-20-18-9-5-3-7-16(18)17-8-4-6-10-19(17)20/h3-10,15,20-21H,11-14H2,1-2H3,(H,25,27)(H,26,30)(H,28,29). The molecular formula is C24H28N2O6. The lowest BCUT2D eigenvalue weighted by atomic mass is 9.98. The van der Waals surface area contributed by atoms with Crippen molar-refractivity contribution in [2.24, 2.45) is 5.92 Å². The van der Waals surface area contributed by atoms with Gasteiger partial charge < -0.3 is 25.2 Å². The first-order valence-electron chi connectivity index (χ1n) is 10.5. The van der Waals surface area contributed by atoms with Gasteiger partial charge in [0.2, 0.25) is 5.91 Å². The van der Waals surface area contributed by atoms with Gasteiger partial charge in [-0.15, -0.1) is 0 Å². The average Bonchev–Trinajstić information content (AvgIpc) is 3.12. The molecule has 3 N–H and O–H groups in total. The van der Waals surface area contributed by atoms with Crippen LogP contribution in [0.4, 0.5) is 4.79 Å². The molecule has 0 radical (unpaired) electrons.